The highest BCUT2D eigenvalue weighted by Gasteiger charge is 2.16. The lowest BCUT2D eigenvalue weighted by Crippen LogP contribution is -2.06. The number of hydrogen-bond donors (Lipinski definition) is 0. The van der Waals surface area contributed by atoms with E-state index in [1.54, 1.807) is 12.1 Å². The third-order valence-corrected chi connectivity index (χ3v) is 2.76. The standard InChI is InChI=1S/C14H8ClFO2/c15-11-6-4-9(5-7-11)14(18)12-3-1-2-10(8-17)13(12)16/h1-8H. The summed E-state index contributed by atoms with van der Waals surface area (Å²) in [6.45, 7) is 0. The molecule has 0 amide bonds. The summed E-state index contributed by atoms with van der Waals surface area (Å²) < 4.78 is 13.8. The monoisotopic (exact) mass is 262 g/mol. The van der Waals surface area contributed by atoms with Gasteiger partial charge in [-0.2, -0.15) is 0 Å². The van der Waals surface area contributed by atoms with Gasteiger partial charge in [-0.05, 0) is 36.4 Å². The molecule has 4 heteroatoms. The van der Waals surface area contributed by atoms with E-state index < -0.39 is 11.6 Å². The Hall–Kier alpha value is -2.00. The molecule has 0 unspecified atom stereocenters. The summed E-state index contributed by atoms with van der Waals surface area (Å²) in [6.07, 6.45) is 0.383. The molecular weight excluding hydrogens is 255 g/mol. The molecule has 2 aromatic rings. The molecule has 0 aliphatic heterocycles. The fourth-order valence-electron chi connectivity index (χ4n) is 1.57. The Morgan fingerprint density at radius 3 is 2.39 bits per heavy atom. The minimum Gasteiger partial charge on any atom is -0.298 e. The maximum absolute atomic E-state index is 13.8. The largest absolute Gasteiger partial charge is 0.298 e. The minimum atomic E-state index is -0.799. The van der Waals surface area contributed by atoms with Crippen LogP contribution < -0.4 is 0 Å². The summed E-state index contributed by atoms with van der Waals surface area (Å²) in [7, 11) is 0. The lowest BCUT2D eigenvalue weighted by atomic mass is 10.0. The normalized spacial score (nSPS) is 10.1. The van der Waals surface area contributed by atoms with Gasteiger partial charge in [0, 0.05) is 10.6 Å². The Labute approximate surface area is 108 Å². The topological polar surface area (TPSA) is 34.1 Å². The summed E-state index contributed by atoms with van der Waals surface area (Å²) in [6, 6.07) is 10.3. The number of hydrogen-bond acceptors (Lipinski definition) is 2. The Morgan fingerprint density at radius 2 is 1.78 bits per heavy atom. The molecule has 2 rings (SSSR count). The van der Waals surface area contributed by atoms with Crippen molar-refractivity contribution in [1.82, 2.24) is 0 Å². The van der Waals surface area contributed by atoms with Crippen LogP contribution in [0.4, 0.5) is 4.39 Å². The molecule has 90 valence electrons. The second-order valence-corrected chi connectivity index (χ2v) is 4.10. The van der Waals surface area contributed by atoms with Gasteiger partial charge in [0.05, 0.1) is 11.1 Å². The third kappa shape index (κ3) is 2.31. The maximum Gasteiger partial charge on any atom is 0.195 e. The molecule has 2 nitrogen and oxygen atoms in total. The molecule has 2 aromatic carbocycles. The highest BCUT2D eigenvalue weighted by atomic mass is 35.5. The van der Waals surface area contributed by atoms with Gasteiger partial charge in [-0.15, -0.1) is 0 Å². The molecule has 0 aliphatic carbocycles. The molecule has 0 aromatic heterocycles. The van der Waals surface area contributed by atoms with Crippen LogP contribution in [-0.4, -0.2) is 12.1 Å². The van der Waals surface area contributed by atoms with Gasteiger partial charge in [0.15, 0.2) is 12.1 Å². The van der Waals surface area contributed by atoms with Gasteiger partial charge < -0.3 is 0 Å². The molecule has 0 radical (unpaired) electrons. The van der Waals surface area contributed by atoms with Crippen molar-refractivity contribution in [3.63, 3.8) is 0 Å². The van der Waals surface area contributed by atoms with E-state index in [2.05, 4.69) is 0 Å². The van der Waals surface area contributed by atoms with Crippen molar-refractivity contribution in [2.24, 2.45) is 0 Å². The fourth-order valence-corrected chi connectivity index (χ4v) is 1.70. The first-order chi connectivity index (χ1) is 8.63. The van der Waals surface area contributed by atoms with Crippen LogP contribution in [0, 0.1) is 5.82 Å². The third-order valence-electron chi connectivity index (χ3n) is 2.51. The summed E-state index contributed by atoms with van der Waals surface area (Å²) in [5.74, 6) is -1.28. The molecule has 0 spiro atoms. The van der Waals surface area contributed by atoms with E-state index in [0.717, 1.165) is 0 Å². The average molecular weight is 263 g/mol. The van der Waals surface area contributed by atoms with Crippen LogP contribution in [0.2, 0.25) is 5.02 Å². The second-order valence-electron chi connectivity index (χ2n) is 3.66. The van der Waals surface area contributed by atoms with E-state index >= 15 is 0 Å². The first kappa shape index (κ1) is 12.5. The van der Waals surface area contributed by atoms with Crippen molar-refractivity contribution < 1.29 is 14.0 Å². The first-order valence-electron chi connectivity index (χ1n) is 5.17. The average Bonchev–Trinajstić information content (AvgIpc) is 2.39. The molecule has 0 N–H and O–H groups in total. The quantitative estimate of drug-likeness (QED) is 0.626. The molecule has 0 fully saturated rings. The van der Waals surface area contributed by atoms with E-state index in [0.29, 0.717) is 16.9 Å². The number of rotatable bonds is 3. The van der Waals surface area contributed by atoms with Gasteiger partial charge in [0.25, 0.3) is 0 Å². The number of aldehydes is 1. The lowest BCUT2D eigenvalue weighted by Gasteiger charge is -2.04. The summed E-state index contributed by atoms with van der Waals surface area (Å²) in [5, 5.41) is 0.494. The number of ketones is 1. The SMILES string of the molecule is O=Cc1cccc(C(=O)c2ccc(Cl)cc2)c1F. The fraction of sp³-hybridized carbons (Fsp3) is 0. The zero-order valence-corrected chi connectivity index (χ0v) is 9.95. The van der Waals surface area contributed by atoms with Crippen molar-refractivity contribution in [2.45, 2.75) is 0 Å². The maximum atomic E-state index is 13.8. The van der Waals surface area contributed by atoms with Crippen LogP contribution in [0.3, 0.4) is 0 Å². The number of halogens is 2. The lowest BCUT2D eigenvalue weighted by molar-refractivity contribution is 0.103. The molecule has 0 bridgehead atoms. The second kappa shape index (κ2) is 5.10. The van der Waals surface area contributed by atoms with E-state index in [1.807, 2.05) is 0 Å². The van der Waals surface area contributed by atoms with Crippen LogP contribution in [-0.2, 0) is 0 Å². The zero-order chi connectivity index (χ0) is 13.1. The molecule has 0 aliphatic rings. The Bertz CT molecular complexity index is 606. The van der Waals surface area contributed by atoms with E-state index in [-0.39, 0.29) is 11.1 Å². The highest BCUT2D eigenvalue weighted by Crippen LogP contribution is 2.17. The molecular formula is C14H8ClFO2. The van der Waals surface area contributed by atoms with Crippen molar-refractivity contribution in [3.8, 4) is 0 Å². The number of carbonyl (C=O) groups excluding carboxylic acids is 2. The minimum absolute atomic E-state index is 0.123. The number of carbonyl (C=O) groups is 2. The molecule has 0 atom stereocenters. The highest BCUT2D eigenvalue weighted by molar-refractivity contribution is 6.30. The van der Waals surface area contributed by atoms with Gasteiger partial charge in [-0.1, -0.05) is 17.7 Å². The van der Waals surface area contributed by atoms with E-state index in [1.165, 1.54) is 30.3 Å². The molecule has 18 heavy (non-hydrogen) atoms. The number of benzene rings is 2. The Morgan fingerprint density at radius 1 is 1.11 bits per heavy atom. The predicted octanol–water partition coefficient (Wildman–Crippen LogP) is 3.52. The van der Waals surface area contributed by atoms with Gasteiger partial charge >= 0.3 is 0 Å². The zero-order valence-electron chi connectivity index (χ0n) is 9.19. The van der Waals surface area contributed by atoms with Gasteiger partial charge in [-0.3, -0.25) is 9.59 Å². The summed E-state index contributed by atoms with van der Waals surface area (Å²) in [5.41, 5.74) is 0.0677. The molecule has 0 heterocycles. The van der Waals surface area contributed by atoms with Crippen molar-refractivity contribution in [1.29, 1.82) is 0 Å². The van der Waals surface area contributed by atoms with Crippen LogP contribution in [0.5, 0.6) is 0 Å². The molecule has 0 saturated heterocycles. The van der Waals surface area contributed by atoms with Crippen molar-refractivity contribution in [3.05, 3.63) is 70.0 Å². The van der Waals surface area contributed by atoms with Crippen LogP contribution in [0.25, 0.3) is 0 Å². The van der Waals surface area contributed by atoms with Crippen LogP contribution in [0.1, 0.15) is 26.3 Å². The van der Waals surface area contributed by atoms with E-state index in [4.69, 9.17) is 11.6 Å². The smallest absolute Gasteiger partial charge is 0.195 e. The van der Waals surface area contributed by atoms with Gasteiger partial charge in [-0.25, -0.2) is 4.39 Å². The Kier molecular flexibility index (Phi) is 3.53. The first-order valence-corrected chi connectivity index (χ1v) is 5.55. The summed E-state index contributed by atoms with van der Waals surface area (Å²) in [4.78, 5) is 22.7. The Balaban J connectivity index is 2.46. The van der Waals surface area contributed by atoms with Crippen LogP contribution in [0.15, 0.2) is 42.5 Å². The predicted molar refractivity (Wildman–Crippen MR) is 66.7 cm³/mol. The van der Waals surface area contributed by atoms with E-state index in [9.17, 15) is 14.0 Å². The summed E-state index contributed by atoms with van der Waals surface area (Å²) >= 11 is 5.71. The van der Waals surface area contributed by atoms with Gasteiger partial charge in [0.1, 0.15) is 5.82 Å². The van der Waals surface area contributed by atoms with Crippen molar-refractivity contribution in [2.75, 3.05) is 0 Å². The van der Waals surface area contributed by atoms with Crippen LogP contribution >= 0.6 is 11.6 Å². The van der Waals surface area contributed by atoms with Gasteiger partial charge in [0.2, 0.25) is 0 Å². The molecule has 0 saturated carbocycles. The van der Waals surface area contributed by atoms with Crippen molar-refractivity contribution >= 4 is 23.7 Å².